The third-order valence-corrected chi connectivity index (χ3v) is 4.86. The maximum absolute atomic E-state index is 10.2. The monoisotopic (exact) mass is 334 g/mol. The van der Waals surface area contributed by atoms with Crippen LogP contribution in [0.4, 0.5) is 0 Å². The van der Waals surface area contributed by atoms with Crippen LogP contribution in [0.15, 0.2) is 30.3 Å². The molecule has 134 valence electrons. The van der Waals surface area contributed by atoms with Gasteiger partial charge in [0.2, 0.25) is 0 Å². The molecule has 0 spiro atoms. The summed E-state index contributed by atoms with van der Waals surface area (Å²) in [6, 6.07) is 9.67. The maximum atomic E-state index is 10.2. The van der Waals surface area contributed by atoms with Crippen molar-refractivity contribution in [1.29, 1.82) is 0 Å². The maximum Gasteiger partial charge on any atom is 0.119 e. The van der Waals surface area contributed by atoms with Gasteiger partial charge >= 0.3 is 0 Å². The Morgan fingerprint density at radius 1 is 1.08 bits per heavy atom. The minimum atomic E-state index is -0.446. The number of hydrogen-bond acceptors (Lipinski definition) is 5. The molecule has 2 fully saturated rings. The van der Waals surface area contributed by atoms with E-state index in [1.807, 2.05) is 30.3 Å². The molecule has 2 saturated heterocycles. The SMILES string of the molecule is O[C@H](COc1ccccc1)CN1CCN(C[C@@H]2CCCCO2)CC1. The first-order valence-electron chi connectivity index (χ1n) is 9.22. The van der Waals surface area contributed by atoms with Crippen LogP contribution in [0.3, 0.4) is 0 Å². The Kier molecular flexibility index (Phi) is 6.90. The molecule has 5 heteroatoms. The standard InChI is InChI=1S/C19H30N2O3/c22-17(16-24-18-6-2-1-3-7-18)14-20-9-11-21(12-10-20)15-19-8-4-5-13-23-19/h1-3,6-7,17,19,22H,4-5,8-16H2/t17-,19-/m0/s1. The summed E-state index contributed by atoms with van der Waals surface area (Å²) >= 11 is 0. The van der Waals surface area contributed by atoms with E-state index < -0.39 is 6.10 Å². The first-order chi connectivity index (χ1) is 11.8. The summed E-state index contributed by atoms with van der Waals surface area (Å²) in [5.74, 6) is 0.814. The van der Waals surface area contributed by atoms with Crippen LogP contribution in [0, 0.1) is 0 Å². The van der Waals surface area contributed by atoms with Gasteiger partial charge in [-0.15, -0.1) is 0 Å². The molecular weight excluding hydrogens is 304 g/mol. The van der Waals surface area contributed by atoms with Crippen LogP contribution in [-0.4, -0.2) is 79.6 Å². The van der Waals surface area contributed by atoms with Crippen LogP contribution in [0.1, 0.15) is 19.3 Å². The van der Waals surface area contributed by atoms with E-state index in [1.165, 1.54) is 19.3 Å². The predicted molar refractivity (Wildman–Crippen MR) is 94.4 cm³/mol. The van der Waals surface area contributed by atoms with Crippen molar-refractivity contribution in [2.24, 2.45) is 0 Å². The van der Waals surface area contributed by atoms with Crippen molar-refractivity contribution in [3.8, 4) is 5.75 Å². The van der Waals surface area contributed by atoms with Gasteiger partial charge < -0.3 is 14.6 Å². The quantitative estimate of drug-likeness (QED) is 0.821. The second kappa shape index (κ2) is 9.37. The van der Waals surface area contributed by atoms with Gasteiger partial charge in [-0.25, -0.2) is 0 Å². The zero-order valence-electron chi connectivity index (χ0n) is 14.5. The summed E-state index contributed by atoms with van der Waals surface area (Å²) < 4.78 is 11.5. The Bertz CT molecular complexity index is 457. The minimum absolute atomic E-state index is 0.347. The first-order valence-corrected chi connectivity index (χ1v) is 9.22. The van der Waals surface area contributed by atoms with Crippen LogP contribution >= 0.6 is 0 Å². The molecule has 1 aromatic rings. The third kappa shape index (κ3) is 5.74. The number of aliphatic hydroxyl groups is 1. The molecule has 0 aliphatic carbocycles. The lowest BCUT2D eigenvalue weighted by atomic mass is 10.1. The van der Waals surface area contributed by atoms with E-state index in [9.17, 15) is 5.11 Å². The number of piperazine rings is 1. The van der Waals surface area contributed by atoms with Gasteiger partial charge in [0.05, 0.1) is 6.10 Å². The number of rotatable bonds is 7. The van der Waals surface area contributed by atoms with Crippen molar-refractivity contribution in [3.63, 3.8) is 0 Å². The van der Waals surface area contributed by atoms with E-state index in [4.69, 9.17) is 9.47 Å². The fraction of sp³-hybridized carbons (Fsp3) is 0.684. The van der Waals surface area contributed by atoms with E-state index in [1.54, 1.807) is 0 Å². The van der Waals surface area contributed by atoms with E-state index in [-0.39, 0.29) is 0 Å². The molecule has 2 heterocycles. The van der Waals surface area contributed by atoms with E-state index in [0.717, 1.165) is 45.1 Å². The molecule has 2 aliphatic rings. The number of aliphatic hydroxyl groups excluding tert-OH is 1. The summed E-state index contributed by atoms with van der Waals surface area (Å²) in [4.78, 5) is 4.83. The van der Waals surface area contributed by atoms with Gasteiger partial charge in [-0.3, -0.25) is 9.80 Å². The lowest BCUT2D eigenvalue weighted by Gasteiger charge is -2.37. The summed E-state index contributed by atoms with van der Waals surface area (Å²) in [7, 11) is 0. The number of hydrogen-bond donors (Lipinski definition) is 1. The zero-order chi connectivity index (χ0) is 16.6. The molecule has 3 rings (SSSR count). The Morgan fingerprint density at radius 3 is 2.54 bits per heavy atom. The highest BCUT2D eigenvalue weighted by Gasteiger charge is 2.23. The van der Waals surface area contributed by atoms with Gasteiger partial charge in [-0.2, -0.15) is 0 Å². The van der Waals surface area contributed by atoms with Gasteiger partial charge in [-0.05, 0) is 31.4 Å². The molecule has 5 nitrogen and oxygen atoms in total. The summed E-state index contributed by atoms with van der Waals surface area (Å²) in [5.41, 5.74) is 0. The Morgan fingerprint density at radius 2 is 1.83 bits per heavy atom. The van der Waals surface area contributed by atoms with Crippen LogP contribution in [0.25, 0.3) is 0 Å². The molecular formula is C19H30N2O3. The second-order valence-electron chi connectivity index (χ2n) is 6.87. The van der Waals surface area contributed by atoms with Crippen molar-refractivity contribution in [2.45, 2.75) is 31.5 Å². The highest BCUT2D eigenvalue weighted by molar-refractivity contribution is 5.20. The molecule has 1 N–H and O–H groups in total. The van der Waals surface area contributed by atoms with Gasteiger partial charge in [0, 0.05) is 45.9 Å². The fourth-order valence-corrected chi connectivity index (χ4v) is 3.45. The molecule has 1 aromatic carbocycles. The zero-order valence-corrected chi connectivity index (χ0v) is 14.5. The predicted octanol–water partition coefficient (Wildman–Crippen LogP) is 1.61. The third-order valence-electron chi connectivity index (χ3n) is 4.86. The van der Waals surface area contributed by atoms with Crippen molar-refractivity contribution in [2.75, 3.05) is 52.5 Å². The summed E-state index contributed by atoms with van der Waals surface area (Å²) in [6.45, 7) is 7.16. The lowest BCUT2D eigenvalue weighted by molar-refractivity contribution is -0.0182. The molecule has 0 unspecified atom stereocenters. The molecule has 0 aromatic heterocycles. The molecule has 0 saturated carbocycles. The van der Waals surface area contributed by atoms with Gasteiger partial charge in [0.15, 0.2) is 0 Å². The van der Waals surface area contributed by atoms with Crippen molar-refractivity contribution in [1.82, 2.24) is 9.80 Å². The normalized spacial score (nSPS) is 24.6. The van der Waals surface area contributed by atoms with Gasteiger partial charge in [-0.1, -0.05) is 18.2 Å². The topological polar surface area (TPSA) is 45.2 Å². The van der Waals surface area contributed by atoms with Crippen LogP contribution in [0.5, 0.6) is 5.75 Å². The minimum Gasteiger partial charge on any atom is -0.491 e. The summed E-state index contributed by atoms with van der Waals surface area (Å²) in [6.07, 6.45) is 3.70. The van der Waals surface area contributed by atoms with E-state index in [2.05, 4.69) is 9.80 Å². The average molecular weight is 334 g/mol. The van der Waals surface area contributed by atoms with Gasteiger partial charge in [0.25, 0.3) is 0 Å². The first kappa shape index (κ1) is 17.7. The largest absolute Gasteiger partial charge is 0.491 e. The van der Waals surface area contributed by atoms with Gasteiger partial charge in [0.1, 0.15) is 18.5 Å². The molecule has 24 heavy (non-hydrogen) atoms. The van der Waals surface area contributed by atoms with E-state index in [0.29, 0.717) is 19.3 Å². The second-order valence-corrected chi connectivity index (χ2v) is 6.87. The highest BCUT2D eigenvalue weighted by atomic mass is 16.5. The molecule has 2 atom stereocenters. The van der Waals surface area contributed by atoms with Crippen LogP contribution in [-0.2, 0) is 4.74 Å². The smallest absolute Gasteiger partial charge is 0.119 e. The van der Waals surface area contributed by atoms with Crippen molar-refractivity contribution in [3.05, 3.63) is 30.3 Å². The average Bonchev–Trinajstić information content (AvgIpc) is 2.63. The summed E-state index contributed by atoms with van der Waals surface area (Å²) in [5, 5.41) is 10.2. The molecule has 0 radical (unpaired) electrons. The van der Waals surface area contributed by atoms with Crippen molar-refractivity contribution >= 4 is 0 Å². The fourth-order valence-electron chi connectivity index (χ4n) is 3.45. The van der Waals surface area contributed by atoms with Crippen molar-refractivity contribution < 1.29 is 14.6 Å². The highest BCUT2D eigenvalue weighted by Crippen LogP contribution is 2.15. The molecule has 2 aliphatic heterocycles. The number of ether oxygens (including phenoxy) is 2. The van der Waals surface area contributed by atoms with Crippen LogP contribution in [0.2, 0.25) is 0 Å². The number of nitrogens with zero attached hydrogens (tertiary/aromatic N) is 2. The Balaban J connectivity index is 1.31. The number of β-amino-alcohol motifs (C(OH)–C–C–N with tert-alkyl or cyclic N) is 1. The Hall–Kier alpha value is -1.14. The van der Waals surface area contributed by atoms with E-state index >= 15 is 0 Å². The number of para-hydroxylation sites is 1. The lowest BCUT2D eigenvalue weighted by Crippen LogP contribution is -2.51. The molecule has 0 bridgehead atoms. The number of benzene rings is 1. The van der Waals surface area contributed by atoms with Crippen LogP contribution < -0.4 is 4.74 Å². The Labute approximate surface area is 145 Å². The molecule has 0 amide bonds.